The molecule has 3 heterocycles. The van der Waals surface area contributed by atoms with E-state index in [1.54, 1.807) is 0 Å². The van der Waals surface area contributed by atoms with E-state index in [0.717, 1.165) is 51.3 Å². The molecular formula is C24H27N3O2. The van der Waals surface area contributed by atoms with Crippen LogP contribution >= 0.6 is 0 Å². The molecule has 0 saturated carbocycles. The molecule has 1 N–H and O–H groups in total. The molecule has 150 valence electrons. The average molecular weight is 389 g/mol. The predicted molar refractivity (Wildman–Crippen MR) is 112 cm³/mol. The summed E-state index contributed by atoms with van der Waals surface area (Å²) in [6, 6.07) is 18.7. The van der Waals surface area contributed by atoms with E-state index in [1.165, 1.54) is 22.5 Å². The third kappa shape index (κ3) is 3.80. The van der Waals surface area contributed by atoms with Crippen molar-refractivity contribution in [1.82, 2.24) is 14.9 Å². The molecule has 29 heavy (non-hydrogen) atoms. The highest BCUT2D eigenvalue weighted by Crippen LogP contribution is 2.36. The number of hydrogen-bond acceptors (Lipinski definition) is 4. The van der Waals surface area contributed by atoms with Crippen LogP contribution in [0.2, 0.25) is 0 Å². The zero-order valence-corrected chi connectivity index (χ0v) is 16.6. The first-order chi connectivity index (χ1) is 14.3. The quantitative estimate of drug-likeness (QED) is 0.723. The van der Waals surface area contributed by atoms with Crippen molar-refractivity contribution in [1.29, 1.82) is 0 Å². The third-order valence-corrected chi connectivity index (χ3v) is 6.07. The molecule has 5 rings (SSSR count). The van der Waals surface area contributed by atoms with E-state index in [-0.39, 0.29) is 5.54 Å². The average Bonchev–Trinajstić information content (AvgIpc) is 3.18. The molecule has 2 aliphatic heterocycles. The monoisotopic (exact) mass is 389 g/mol. The van der Waals surface area contributed by atoms with E-state index in [9.17, 15) is 0 Å². The van der Waals surface area contributed by atoms with Crippen molar-refractivity contribution < 1.29 is 9.47 Å². The highest BCUT2D eigenvalue weighted by Gasteiger charge is 2.40. The van der Waals surface area contributed by atoms with Gasteiger partial charge in [0, 0.05) is 38.4 Å². The second-order valence-electron chi connectivity index (χ2n) is 7.96. The molecule has 2 aliphatic rings. The van der Waals surface area contributed by atoms with Gasteiger partial charge in [0.2, 0.25) is 0 Å². The van der Waals surface area contributed by atoms with Crippen LogP contribution in [0.5, 0.6) is 5.75 Å². The van der Waals surface area contributed by atoms with Gasteiger partial charge in [0.05, 0.1) is 17.6 Å². The number of rotatable bonds is 5. The lowest BCUT2D eigenvalue weighted by Gasteiger charge is -2.40. The first-order valence-electron chi connectivity index (χ1n) is 10.5. The van der Waals surface area contributed by atoms with E-state index in [0.29, 0.717) is 6.61 Å². The van der Waals surface area contributed by atoms with Crippen molar-refractivity contribution in [3.05, 3.63) is 83.4 Å². The molecule has 5 heteroatoms. The smallest absolute Gasteiger partial charge is 0.120 e. The van der Waals surface area contributed by atoms with Crippen LogP contribution in [-0.4, -0.2) is 29.3 Å². The molecule has 0 bridgehead atoms. The van der Waals surface area contributed by atoms with Crippen molar-refractivity contribution >= 4 is 0 Å². The number of nitrogens with zero attached hydrogens (tertiary/aromatic N) is 2. The van der Waals surface area contributed by atoms with Crippen LogP contribution in [0.4, 0.5) is 0 Å². The van der Waals surface area contributed by atoms with Gasteiger partial charge in [-0.3, -0.25) is 0 Å². The Hall–Kier alpha value is -2.63. The number of benzene rings is 2. The van der Waals surface area contributed by atoms with E-state index in [2.05, 4.69) is 40.2 Å². The molecular weight excluding hydrogens is 362 g/mol. The van der Waals surface area contributed by atoms with E-state index >= 15 is 0 Å². The second-order valence-corrected chi connectivity index (χ2v) is 7.96. The third-order valence-electron chi connectivity index (χ3n) is 6.07. The molecule has 1 aromatic heterocycles. The zero-order valence-electron chi connectivity index (χ0n) is 16.6. The predicted octanol–water partition coefficient (Wildman–Crippen LogP) is 3.66. The van der Waals surface area contributed by atoms with Gasteiger partial charge >= 0.3 is 0 Å². The first-order valence-corrected chi connectivity index (χ1v) is 10.5. The summed E-state index contributed by atoms with van der Waals surface area (Å²) in [6.45, 7) is 4.01. The highest BCUT2D eigenvalue weighted by atomic mass is 16.5. The van der Waals surface area contributed by atoms with Crippen LogP contribution < -0.4 is 10.1 Å². The Labute approximate surface area is 171 Å². The van der Waals surface area contributed by atoms with Gasteiger partial charge in [0.1, 0.15) is 12.4 Å². The minimum Gasteiger partial charge on any atom is -0.489 e. The van der Waals surface area contributed by atoms with Crippen LogP contribution in [0.15, 0.2) is 60.9 Å². The summed E-state index contributed by atoms with van der Waals surface area (Å²) >= 11 is 0. The minimum absolute atomic E-state index is 0.00226. The molecule has 2 aromatic carbocycles. The van der Waals surface area contributed by atoms with Gasteiger partial charge in [-0.25, -0.2) is 4.98 Å². The lowest BCUT2D eigenvalue weighted by atomic mass is 9.82. The highest BCUT2D eigenvalue weighted by molar-refractivity contribution is 5.32. The maximum absolute atomic E-state index is 6.01. The summed E-state index contributed by atoms with van der Waals surface area (Å²) in [5.74, 6) is 0.905. The van der Waals surface area contributed by atoms with Gasteiger partial charge in [-0.05, 0) is 36.1 Å². The number of nitrogens with one attached hydrogen (secondary N) is 1. The number of hydrogen-bond donors (Lipinski definition) is 1. The maximum atomic E-state index is 6.01. The SMILES string of the molecule is c1ccc(COc2cccc(Cn3cnc4c3CCNC43CCOCC3)c2)cc1. The summed E-state index contributed by atoms with van der Waals surface area (Å²) < 4.78 is 13.9. The van der Waals surface area contributed by atoms with Crippen molar-refractivity contribution in [2.24, 2.45) is 0 Å². The molecule has 0 radical (unpaired) electrons. The van der Waals surface area contributed by atoms with Gasteiger partial charge < -0.3 is 19.4 Å². The van der Waals surface area contributed by atoms with Crippen LogP contribution in [0.1, 0.15) is 35.4 Å². The largest absolute Gasteiger partial charge is 0.489 e. The molecule has 3 aromatic rings. The van der Waals surface area contributed by atoms with Gasteiger partial charge in [0.25, 0.3) is 0 Å². The van der Waals surface area contributed by atoms with E-state index < -0.39 is 0 Å². The van der Waals surface area contributed by atoms with Crippen LogP contribution in [-0.2, 0) is 29.8 Å². The summed E-state index contributed by atoms with van der Waals surface area (Å²) in [7, 11) is 0. The van der Waals surface area contributed by atoms with Crippen LogP contribution in [0.25, 0.3) is 0 Å². The van der Waals surface area contributed by atoms with Crippen molar-refractivity contribution in [2.75, 3.05) is 19.8 Å². The number of fused-ring (bicyclic) bond motifs is 2. The maximum Gasteiger partial charge on any atom is 0.120 e. The molecule has 1 spiro atoms. The van der Waals surface area contributed by atoms with E-state index in [1.807, 2.05) is 30.6 Å². The van der Waals surface area contributed by atoms with E-state index in [4.69, 9.17) is 14.5 Å². The summed E-state index contributed by atoms with van der Waals surface area (Å²) in [5, 5.41) is 3.73. The van der Waals surface area contributed by atoms with Crippen LogP contribution in [0.3, 0.4) is 0 Å². The Morgan fingerprint density at radius 2 is 1.86 bits per heavy atom. The summed E-state index contributed by atoms with van der Waals surface area (Å²) in [4.78, 5) is 4.84. The molecule has 0 unspecified atom stereocenters. The normalized spacial score (nSPS) is 17.8. The minimum atomic E-state index is -0.00226. The fourth-order valence-corrected chi connectivity index (χ4v) is 4.51. The summed E-state index contributed by atoms with van der Waals surface area (Å²) in [6.07, 6.45) is 5.02. The van der Waals surface area contributed by atoms with Gasteiger partial charge in [-0.15, -0.1) is 0 Å². The van der Waals surface area contributed by atoms with Gasteiger partial charge in [-0.1, -0.05) is 42.5 Å². The first kappa shape index (κ1) is 18.4. The Balaban J connectivity index is 1.32. The molecule has 1 saturated heterocycles. The molecule has 1 fully saturated rings. The topological polar surface area (TPSA) is 48.3 Å². The summed E-state index contributed by atoms with van der Waals surface area (Å²) in [5.41, 5.74) is 4.99. The Morgan fingerprint density at radius 1 is 1.03 bits per heavy atom. The van der Waals surface area contributed by atoms with Crippen molar-refractivity contribution in [2.45, 2.75) is 38.0 Å². The lowest BCUT2D eigenvalue weighted by molar-refractivity contribution is 0.0322. The Kier molecular flexibility index (Phi) is 5.08. The molecule has 0 atom stereocenters. The standard InChI is InChI=1S/C24H27N3O2/c1-2-5-19(6-3-1)17-29-21-8-4-7-20(15-21)16-27-18-25-23-22(27)9-12-26-24(23)10-13-28-14-11-24/h1-8,15,18,26H,9-14,16-17H2. The Bertz CT molecular complexity index is 961. The number of imidazole rings is 1. The molecule has 0 aliphatic carbocycles. The fourth-order valence-electron chi connectivity index (χ4n) is 4.51. The molecule has 5 nitrogen and oxygen atoms in total. The van der Waals surface area contributed by atoms with Crippen LogP contribution in [0, 0.1) is 0 Å². The van der Waals surface area contributed by atoms with Crippen molar-refractivity contribution in [3.63, 3.8) is 0 Å². The Morgan fingerprint density at radius 3 is 2.72 bits per heavy atom. The van der Waals surface area contributed by atoms with Gasteiger partial charge in [-0.2, -0.15) is 0 Å². The second kappa shape index (κ2) is 8.01. The lowest BCUT2D eigenvalue weighted by Crippen LogP contribution is -2.51. The van der Waals surface area contributed by atoms with Gasteiger partial charge in [0.15, 0.2) is 0 Å². The molecule has 0 amide bonds. The number of aromatic nitrogens is 2. The fraction of sp³-hybridized carbons (Fsp3) is 0.375. The number of ether oxygens (including phenoxy) is 2. The zero-order chi connectivity index (χ0) is 19.5. The van der Waals surface area contributed by atoms with Crippen molar-refractivity contribution in [3.8, 4) is 5.75 Å².